The van der Waals surface area contributed by atoms with E-state index in [1.165, 1.54) is 19.3 Å². The van der Waals surface area contributed by atoms with Gasteiger partial charge in [0.2, 0.25) is 0 Å². The summed E-state index contributed by atoms with van der Waals surface area (Å²) in [5.41, 5.74) is 1.01. The molecule has 1 aliphatic rings. The van der Waals surface area contributed by atoms with Crippen molar-refractivity contribution in [3.63, 3.8) is 0 Å². The summed E-state index contributed by atoms with van der Waals surface area (Å²) in [6.45, 7) is 3.05. The Morgan fingerprint density at radius 1 is 1.36 bits per heavy atom. The molecule has 0 aromatic carbocycles. The zero-order valence-corrected chi connectivity index (χ0v) is 13.4. The minimum atomic E-state index is -0.484. The molecule has 0 saturated carbocycles. The van der Waals surface area contributed by atoms with E-state index in [0.29, 0.717) is 6.54 Å². The van der Waals surface area contributed by atoms with Gasteiger partial charge in [0.15, 0.2) is 0 Å². The van der Waals surface area contributed by atoms with E-state index in [2.05, 4.69) is 15.0 Å². The second kappa shape index (κ2) is 11.2. The average Bonchev–Trinajstić information content (AvgIpc) is 2.53. The lowest BCUT2D eigenvalue weighted by molar-refractivity contribution is -0.00000887. The Labute approximate surface area is 138 Å². The summed E-state index contributed by atoms with van der Waals surface area (Å²) < 4.78 is 0. The molecule has 22 heavy (non-hydrogen) atoms. The van der Waals surface area contributed by atoms with Crippen LogP contribution in [0.15, 0.2) is 35.8 Å². The molecule has 1 aromatic heterocycles. The number of rotatable bonds is 7. The van der Waals surface area contributed by atoms with Crippen LogP contribution in [0.5, 0.6) is 0 Å². The maximum atomic E-state index is 9.87. The second-order valence-corrected chi connectivity index (χ2v) is 5.21. The SMILES string of the molecule is OC(CO/N=C/C=C/c1cccnc1)CN1CCCCC1.[Cl-]. The first-order chi connectivity index (χ1) is 10.3. The Balaban J connectivity index is 0.00000242. The van der Waals surface area contributed by atoms with Crippen LogP contribution in [0, 0.1) is 0 Å². The van der Waals surface area contributed by atoms with Gasteiger partial charge in [0.25, 0.3) is 0 Å². The lowest BCUT2D eigenvalue weighted by Crippen LogP contribution is -3.00. The van der Waals surface area contributed by atoms with Gasteiger partial charge in [-0.3, -0.25) is 4.98 Å². The van der Waals surface area contributed by atoms with Gasteiger partial charge in [0.1, 0.15) is 12.7 Å². The standard InChI is InChI=1S/C16H23N3O2.ClH/c20-16(13-19-10-2-1-3-11-19)14-21-18-9-5-7-15-6-4-8-17-12-15;/h4-9,12,16,20H,1-3,10-11,13-14H2;1H/p-1/b7-5+,18-9+;. The van der Waals surface area contributed by atoms with Crippen LogP contribution >= 0.6 is 0 Å². The van der Waals surface area contributed by atoms with Crippen molar-refractivity contribution in [2.75, 3.05) is 26.2 Å². The van der Waals surface area contributed by atoms with Gasteiger partial charge in [0.05, 0.1) is 6.21 Å². The molecule has 5 nitrogen and oxygen atoms in total. The van der Waals surface area contributed by atoms with Crippen molar-refractivity contribution in [2.24, 2.45) is 5.16 Å². The quantitative estimate of drug-likeness (QED) is 0.513. The molecular weight excluding hydrogens is 302 g/mol. The summed E-state index contributed by atoms with van der Waals surface area (Å²) in [5.74, 6) is 0. The van der Waals surface area contributed by atoms with Crippen LogP contribution in [0.25, 0.3) is 6.08 Å². The summed E-state index contributed by atoms with van der Waals surface area (Å²) in [6.07, 6.45) is 12.0. The molecule has 1 N–H and O–H groups in total. The van der Waals surface area contributed by atoms with Gasteiger partial charge < -0.3 is 27.3 Å². The Morgan fingerprint density at radius 3 is 2.91 bits per heavy atom. The Bertz CT molecular complexity index is 448. The molecule has 0 amide bonds. The number of nitrogens with zero attached hydrogens (tertiary/aromatic N) is 3. The highest BCUT2D eigenvalue weighted by atomic mass is 35.5. The van der Waals surface area contributed by atoms with E-state index >= 15 is 0 Å². The molecule has 1 aliphatic heterocycles. The molecule has 0 bridgehead atoms. The van der Waals surface area contributed by atoms with Gasteiger partial charge in [0, 0.05) is 18.9 Å². The Hall–Kier alpha value is -1.43. The van der Waals surface area contributed by atoms with Crippen LogP contribution in [0.3, 0.4) is 0 Å². The lowest BCUT2D eigenvalue weighted by Gasteiger charge is -2.27. The third-order valence-corrected chi connectivity index (χ3v) is 3.38. The Kier molecular flexibility index (Phi) is 9.46. The van der Waals surface area contributed by atoms with Crippen LogP contribution in [0.4, 0.5) is 0 Å². The number of halogens is 1. The molecular formula is C16H23ClN3O2-. The summed E-state index contributed by atoms with van der Waals surface area (Å²) in [7, 11) is 0. The molecule has 122 valence electrons. The van der Waals surface area contributed by atoms with Crippen molar-refractivity contribution in [1.82, 2.24) is 9.88 Å². The van der Waals surface area contributed by atoms with Crippen molar-refractivity contribution in [3.05, 3.63) is 36.2 Å². The fourth-order valence-electron chi connectivity index (χ4n) is 2.33. The normalized spacial score (nSPS) is 17.5. The fraction of sp³-hybridized carbons (Fsp3) is 0.500. The van der Waals surface area contributed by atoms with E-state index in [-0.39, 0.29) is 19.0 Å². The van der Waals surface area contributed by atoms with Crippen molar-refractivity contribution in [1.29, 1.82) is 0 Å². The molecule has 1 atom stereocenters. The van der Waals surface area contributed by atoms with Gasteiger partial charge in [-0.25, -0.2) is 0 Å². The van der Waals surface area contributed by atoms with E-state index in [1.807, 2.05) is 18.2 Å². The van der Waals surface area contributed by atoms with Crippen LogP contribution in [-0.2, 0) is 4.84 Å². The number of pyridine rings is 1. The number of aliphatic hydroxyl groups excluding tert-OH is 1. The fourth-order valence-corrected chi connectivity index (χ4v) is 2.33. The van der Waals surface area contributed by atoms with Gasteiger partial charge >= 0.3 is 0 Å². The highest BCUT2D eigenvalue weighted by molar-refractivity contribution is 5.77. The molecule has 1 unspecified atom stereocenters. The number of hydrogen-bond donors (Lipinski definition) is 1. The number of allylic oxidation sites excluding steroid dienone is 1. The number of hydrogen-bond acceptors (Lipinski definition) is 5. The third kappa shape index (κ3) is 7.54. The van der Waals surface area contributed by atoms with Crippen LogP contribution < -0.4 is 12.4 Å². The maximum Gasteiger partial charge on any atom is 0.144 e. The number of β-amino-alcohol motifs (C(OH)–C–C–N with tert-alkyl or cyclic N) is 1. The number of aromatic nitrogens is 1. The van der Waals surface area contributed by atoms with Crippen molar-refractivity contribution in [2.45, 2.75) is 25.4 Å². The molecule has 6 heteroatoms. The van der Waals surface area contributed by atoms with Crippen molar-refractivity contribution < 1.29 is 22.4 Å². The molecule has 1 fully saturated rings. The van der Waals surface area contributed by atoms with E-state index in [1.54, 1.807) is 24.7 Å². The van der Waals surface area contributed by atoms with Gasteiger partial charge in [-0.05, 0) is 43.6 Å². The predicted octanol–water partition coefficient (Wildman–Crippen LogP) is -1.05. The molecule has 0 spiro atoms. The zero-order chi connectivity index (χ0) is 14.8. The second-order valence-electron chi connectivity index (χ2n) is 5.21. The van der Waals surface area contributed by atoms with E-state index in [0.717, 1.165) is 18.7 Å². The Morgan fingerprint density at radius 2 is 2.18 bits per heavy atom. The lowest BCUT2D eigenvalue weighted by atomic mass is 10.1. The molecule has 1 saturated heterocycles. The van der Waals surface area contributed by atoms with Gasteiger partial charge in [-0.15, -0.1) is 0 Å². The molecule has 2 heterocycles. The average molecular weight is 325 g/mol. The largest absolute Gasteiger partial charge is 1.00 e. The number of oxime groups is 1. The zero-order valence-electron chi connectivity index (χ0n) is 12.6. The number of piperidine rings is 1. The van der Waals surface area contributed by atoms with Crippen molar-refractivity contribution >= 4 is 12.3 Å². The van der Waals surface area contributed by atoms with E-state index in [4.69, 9.17) is 4.84 Å². The topological polar surface area (TPSA) is 58.0 Å². The number of aliphatic hydroxyl groups is 1. The molecule has 2 rings (SSSR count). The predicted molar refractivity (Wildman–Crippen MR) is 84.0 cm³/mol. The number of likely N-dealkylation sites (tertiary alicyclic amines) is 1. The third-order valence-electron chi connectivity index (χ3n) is 3.38. The summed E-state index contributed by atoms with van der Waals surface area (Å²) >= 11 is 0. The molecule has 0 radical (unpaired) electrons. The van der Waals surface area contributed by atoms with Crippen LogP contribution in [-0.4, -0.2) is 53.6 Å². The first-order valence-electron chi connectivity index (χ1n) is 7.47. The summed E-state index contributed by atoms with van der Waals surface area (Å²) in [5, 5.41) is 13.7. The van der Waals surface area contributed by atoms with Crippen molar-refractivity contribution in [3.8, 4) is 0 Å². The smallest absolute Gasteiger partial charge is 0.144 e. The molecule has 1 aromatic rings. The maximum absolute atomic E-state index is 9.87. The van der Waals surface area contributed by atoms with Gasteiger partial charge in [-0.2, -0.15) is 0 Å². The van der Waals surface area contributed by atoms with Crippen LogP contribution in [0.2, 0.25) is 0 Å². The highest BCUT2D eigenvalue weighted by Gasteiger charge is 2.14. The van der Waals surface area contributed by atoms with E-state index in [9.17, 15) is 5.11 Å². The highest BCUT2D eigenvalue weighted by Crippen LogP contribution is 2.08. The monoisotopic (exact) mass is 324 g/mol. The first-order valence-corrected chi connectivity index (χ1v) is 7.47. The summed E-state index contributed by atoms with van der Waals surface area (Å²) in [4.78, 5) is 11.4. The van der Waals surface area contributed by atoms with Crippen LogP contribution in [0.1, 0.15) is 24.8 Å². The van der Waals surface area contributed by atoms with Gasteiger partial charge in [-0.1, -0.05) is 23.7 Å². The minimum Gasteiger partial charge on any atom is -1.00 e. The first kappa shape index (κ1) is 18.6. The minimum absolute atomic E-state index is 0. The molecule has 0 aliphatic carbocycles. The summed E-state index contributed by atoms with van der Waals surface area (Å²) in [6, 6.07) is 3.84. The van der Waals surface area contributed by atoms with E-state index < -0.39 is 6.10 Å².